The molecule has 0 heterocycles. The average molecular weight is 242 g/mol. The third-order valence-corrected chi connectivity index (χ3v) is 2.33. The van der Waals surface area contributed by atoms with Gasteiger partial charge in [0.15, 0.2) is 0 Å². The van der Waals surface area contributed by atoms with Gasteiger partial charge < -0.3 is 10.1 Å². The summed E-state index contributed by atoms with van der Waals surface area (Å²) in [7, 11) is 0. The quantitative estimate of drug-likeness (QED) is 0.875. The maximum Gasteiger partial charge on any atom is 0.412 e. The monoisotopic (exact) mass is 241 g/mol. The lowest BCUT2D eigenvalue weighted by molar-refractivity contribution is 0.196. The highest BCUT2D eigenvalue weighted by atomic mass is 35.5. The van der Waals surface area contributed by atoms with E-state index in [0.717, 1.165) is 12.8 Å². The van der Waals surface area contributed by atoms with Gasteiger partial charge in [0.2, 0.25) is 0 Å². The minimum atomic E-state index is -0.441. The minimum Gasteiger partial charge on any atom is -0.410 e. The van der Waals surface area contributed by atoms with Gasteiger partial charge in [-0.25, -0.2) is 4.79 Å². The predicted molar refractivity (Wildman–Crippen MR) is 65.0 cm³/mol. The number of ether oxygens (including phenoxy) is 1. The van der Waals surface area contributed by atoms with Gasteiger partial charge in [0.05, 0.1) is 0 Å². The number of hydrogen-bond acceptors (Lipinski definition) is 2. The van der Waals surface area contributed by atoms with E-state index in [9.17, 15) is 4.79 Å². The molecular weight excluding hydrogens is 226 g/mol. The Morgan fingerprint density at radius 2 is 2.31 bits per heavy atom. The van der Waals surface area contributed by atoms with E-state index >= 15 is 0 Å². The molecule has 1 atom stereocenters. The van der Waals surface area contributed by atoms with Crippen molar-refractivity contribution in [2.45, 2.75) is 32.7 Å². The van der Waals surface area contributed by atoms with E-state index in [-0.39, 0.29) is 6.04 Å². The van der Waals surface area contributed by atoms with Gasteiger partial charge in [0.25, 0.3) is 0 Å². The van der Waals surface area contributed by atoms with Crippen molar-refractivity contribution in [3.8, 4) is 5.75 Å². The van der Waals surface area contributed by atoms with E-state index in [1.165, 1.54) is 0 Å². The van der Waals surface area contributed by atoms with Crippen LogP contribution >= 0.6 is 11.6 Å². The molecule has 0 aliphatic carbocycles. The van der Waals surface area contributed by atoms with Crippen LogP contribution in [0.2, 0.25) is 5.02 Å². The third-order valence-electron chi connectivity index (χ3n) is 2.09. The lowest BCUT2D eigenvalue weighted by Gasteiger charge is -2.12. The molecular formula is C12H16ClNO2. The standard InChI is InChI=1S/C12H16ClNO2/c1-3-5-9(2)14-12(15)16-11-7-4-6-10(13)8-11/h4,6-9H,3,5H2,1-2H3,(H,14,15). The molecule has 0 saturated carbocycles. The molecule has 0 spiro atoms. The molecule has 0 fully saturated rings. The molecule has 1 aromatic carbocycles. The number of halogens is 1. The number of nitrogens with one attached hydrogen (secondary N) is 1. The van der Waals surface area contributed by atoms with Crippen molar-refractivity contribution in [1.29, 1.82) is 0 Å². The number of amides is 1. The van der Waals surface area contributed by atoms with Gasteiger partial charge in [-0.2, -0.15) is 0 Å². The highest BCUT2D eigenvalue weighted by molar-refractivity contribution is 6.30. The van der Waals surface area contributed by atoms with Crippen LogP contribution < -0.4 is 10.1 Å². The van der Waals surface area contributed by atoms with Crippen molar-refractivity contribution in [1.82, 2.24) is 5.32 Å². The zero-order valence-corrected chi connectivity index (χ0v) is 10.3. The van der Waals surface area contributed by atoms with Gasteiger partial charge in [0, 0.05) is 11.1 Å². The average Bonchev–Trinajstić information content (AvgIpc) is 2.17. The molecule has 0 bridgehead atoms. The fourth-order valence-corrected chi connectivity index (χ4v) is 1.55. The van der Waals surface area contributed by atoms with E-state index in [4.69, 9.17) is 16.3 Å². The Labute approximate surface area is 101 Å². The van der Waals surface area contributed by atoms with Crippen LogP contribution in [0.25, 0.3) is 0 Å². The van der Waals surface area contributed by atoms with Gasteiger partial charge in [-0.3, -0.25) is 0 Å². The van der Waals surface area contributed by atoms with Crippen molar-refractivity contribution in [2.24, 2.45) is 0 Å². The minimum absolute atomic E-state index is 0.122. The Kier molecular flexibility index (Phi) is 5.12. The summed E-state index contributed by atoms with van der Waals surface area (Å²) < 4.78 is 5.08. The molecule has 16 heavy (non-hydrogen) atoms. The van der Waals surface area contributed by atoms with Gasteiger partial charge in [0.1, 0.15) is 5.75 Å². The predicted octanol–water partition coefficient (Wildman–Crippen LogP) is 3.62. The normalized spacial score (nSPS) is 11.9. The molecule has 1 amide bonds. The van der Waals surface area contributed by atoms with Crippen LogP contribution in [0, 0.1) is 0 Å². The van der Waals surface area contributed by atoms with E-state index in [2.05, 4.69) is 12.2 Å². The van der Waals surface area contributed by atoms with Crippen LogP contribution in [-0.2, 0) is 0 Å². The van der Waals surface area contributed by atoms with Crippen LogP contribution in [-0.4, -0.2) is 12.1 Å². The van der Waals surface area contributed by atoms with E-state index in [1.54, 1.807) is 24.3 Å². The van der Waals surface area contributed by atoms with Gasteiger partial charge >= 0.3 is 6.09 Å². The van der Waals surface area contributed by atoms with Gasteiger partial charge in [-0.05, 0) is 31.5 Å². The SMILES string of the molecule is CCCC(C)NC(=O)Oc1cccc(Cl)c1. The Bertz CT molecular complexity index is 355. The highest BCUT2D eigenvalue weighted by Gasteiger charge is 2.08. The first-order valence-electron chi connectivity index (χ1n) is 5.35. The largest absolute Gasteiger partial charge is 0.412 e. The molecule has 1 N–H and O–H groups in total. The van der Waals surface area contributed by atoms with Crippen LogP contribution in [0.5, 0.6) is 5.75 Å². The smallest absolute Gasteiger partial charge is 0.410 e. The highest BCUT2D eigenvalue weighted by Crippen LogP contribution is 2.17. The summed E-state index contributed by atoms with van der Waals surface area (Å²) in [6.07, 6.45) is 1.52. The van der Waals surface area contributed by atoms with Crippen LogP contribution in [0.4, 0.5) is 4.79 Å². The fraction of sp³-hybridized carbons (Fsp3) is 0.417. The second kappa shape index (κ2) is 6.38. The fourth-order valence-electron chi connectivity index (χ4n) is 1.37. The number of carbonyl (C=O) groups excluding carboxylic acids is 1. The zero-order chi connectivity index (χ0) is 12.0. The van der Waals surface area contributed by atoms with E-state index in [1.807, 2.05) is 6.92 Å². The summed E-state index contributed by atoms with van der Waals surface area (Å²) in [5, 5.41) is 3.29. The van der Waals surface area contributed by atoms with Crippen molar-refractivity contribution >= 4 is 17.7 Å². The molecule has 4 heteroatoms. The molecule has 0 aromatic heterocycles. The van der Waals surface area contributed by atoms with Crippen LogP contribution in [0.1, 0.15) is 26.7 Å². The molecule has 3 nitrogen and oxygen atoms in total. The molecule has 1 unspecified atom stereocenters. The summed E-state index contributed by atoms with van der Waals surface area (Å²) >= 11 is 5.77. The number of carbonyl (C=O) groups is 1. The summed E-state index contributed by atoms with van der Waals surface area (Å²) in [5.74, 6) is 0.452. The Hall–Kier alpha value is -1.22. The molecule has 0 saturated heterocycles. The zero-order valence-electron chi connectivity index (χ0n) is 9.50. The van der Waals surface area contributed by atoms with E-state index in [0.29, 0.717) is 10.8 Å². The van der Waals surface area contributed by atoms with Crippen LogP contribution in [0.15, 0.2) is 24.3 Å². The van der Waals surface area contributed by atoms with Crippen LogP contribution in [0.3, 0.4) is 0 Å². The first kappa shape index (κ1) is 12.8. The van der Waals surface area contributed by atoms with Crippen molar-refractivity contribution < 1.29 is 9.53 Å². The van der Waals surface area contributed by atoms with Gasteiger partial charge in [-0.15, -0.1) is 0 Å². The van der Waals surface area contributed by atoms with Crippen molar-refractivity contribution in [3.63, 3.8) is 0 Å². The molecule has 1 aromatic rings. The maximum absolute atomic E-state index is 11.4. The summed E-state index contributed by atoms with van der Waals surface area (Å²) in [5.41, 5.74) is 0. The molecule has 0 aliphatic heterocycles. The first-order chi connectivity index (χ1) is 7.61. The van der Waals surface area contributed by atoms with E-state index < -0.39 is 6.09 Å². The second-order valence-electron chi connectivity index (χ2n) is 3.68. The van der Waals surface area contributed by atoms with Crippen molar-refractivity contribution in [3.05, 3.63) is 29.3 Å². The second-order valence-corrected chi connectivity index (χ2v) is 4.12. The summed E-state index contributed by atoms with van der Waals surface area (Å²) in [6, 6.07) is 6.88. The lowest BCUT2D eigenvalue weighted by Crippen LogP contribution is -2.34. The summed E-state index contributed by atoms with van der Waals surface area (Å²) in [4.78, 5) is 11.4. The molecule has 0 aliphatic rings. The van der Waals surface area contributed by atoms with Crippen molar-refractivity contribution in [2.75, 3.05) is 0 Å². The Balaban J connectivity index is 2.45. The third kappa shape index (κ3) is 4.53. The number of rotatable bonds is 4. The summed E-state index contributed by atoms with van der Waals surface area (Å²) in [6.45, 7) is 4.02. The Morgan fingerprint density at radius 3 is 2.94 bits per heavy atom. The number of hydrogen-bond donors (Lipinski definition) is 1. The maximum atomic E-state index is 11.4. The Morgan fingerprint density at radius 1 is 1.56 bits per heavy atom. The molecule has 1 rings (SSSR count). The number of benzene rings is 1. The molecule has 0 radical (unpaired) electrons. The topological polar surface area (TPSA) is 38.3 Å². The lowest BCUT2D eigenvalue weighted by atomic mass is 10.2. The van der Waals surface area contributed by atoms with Gasteiger partial charge in [-0.1, -0.05) is 31.0 Å². The molecule has 88 valence electrons. The first-order valence-corrected chi connectivity index (χ1v) is 5.73.